The first kappa shape index (κ1) is 26.9. The summed E-state index contributed by atoms with van der Waals surface area (Å²) < 4.78 is 28.1. The lowest BCUT2D eigenvalue weighted by molar-refractivity contribution is -0.131. The lowest BCUT2D eigenvalue weighted by Crippen LogP contribution is -2.38. The summed E-state index contributed by atoms with van der Waals surface area (Å²) in [4.78, 5) is 23.9. The number of aromatic nitrogens is 1. The molecule has 1 amide bonds. The van der Waals surface area contributed by atoms with Gasteiger partial charge >= 0.3 is 0 Å². The van der Waals surface area contributed by atoms with Crippen molar-refractivity contribution >= 4 is 49.5 Å². The van der Waals surface area contributed by atoms with Gasteiger partial charge in [0.25, 0.3) is 0 Å². The zero-order chi connectivity index (χ0) is 26.0. The summed E-state index contributed by atoms with van der Waals surface area (Å²) in [6.45, 7) is 2.13. The number of amides is 1. The molecule has 0 saturated carbocycles. The Labute approximate surface area is 221 Å². The third kappa shape index (κ3) is 5.85. The Morgan fingerprint density at radius 1 is 1.14 bits per heavy atom. The molecule has 2 aromatic carbocycles. The molecule has 0 aliphatic carbocycles. The smallest absolute Gasteiger partial charge is 0.223 e. The molecule has 3 aromatic rings. The second kappa shape index (κ2) is 11.0. The summed E-state index contributed by atoms with van der Waals surface area (Å²) in [6.07, 6.45) is 1.73. The Bertz CT molecular complexity index is 1440. The van der Waals surface area contributed by atoms with E-state index in [1.54, 1.807) is 47.7 Å². The van der Waals surface area contributed by atoms with Crippen molar-refractivity contribution in [1.82, 2.24) is 14.4 Å². The van der Waals surface area contributed by atoms with E-state index in [0.717, 1.165) is 35.0 Å². The average Bonchev–Trinajstić information content (AvgIpc) is 3.16. The van der Waals surface area contributed by atoms with Gasteiger partial charge in [-0.3, -0.25) is 9.79 Å². The van der Waals surface area contributed by atoms with Crippen LogP contribution in [0, 0.1) is 0 Å². The molecular weight excluding hydrogens is 516 g/mol. The molecule has 0 radical (unpaired) electrons. The SMILES string of the molecule is C/N=c1\sc(C2CCN(C(=O)CCS(=O)(=O)c3ccc4cc(Cl)ccc4c3)CC2)c(CN(C)C)n1C. The van der Waals surface area contributed by atoms with Gasteiger partial charge in [0, 0.05) is 55.7 Å². The number of carbonyl (C=O) groups is 1. The number of piperidine rings is 1. The number of nitrogens with zero attached hydrogens (tertiary/aromatic N) is 4. The number of rotatable bonds is 7. The first-order chi connectivity index (χ1) is 17.1. The number of hydrogen-bond donors (Lipinski definition) is 0. The molecule has 4 rings (SSSR count). The highest BCUT2D eigenvalue weighted by molar-refractivity contribution is 7.91. The Morgan fingerprint density at radius 2 is 1.81 bits per heavy atom. The molecule has 2 heterocycles. The summed E-state index contributed by atoms with van der Waals surface area (Å²) in [5.41, 5.74) is 1.28. The maximum absolute atomic E-state index is 12.9. The van der Waals surface area contributed by atoms with Gasteiger partial charge in [-0.05, 0) is 67.9 Å². The molecule has 194 valence electrons. The Morgan fingerprint density at radius 3 is 2.47 bits per heavy atom. The topological polar surface area (TPSA) is 75.0 Å². The Kier molecular flexibility index (Phi) is 8.24. The van der Waals surface area contributed by atoms with Gasteiger partial charge in [-0.2, -0.15) is 0 Å². The maximum Gasteiger partial charge on any atom is 0.223 e. The standard InChI is InChI=1S/C26H33ClN4O3S2/c1-28-26-30(4)23(17-29(2)3)25(35-26)18-9-12-31(13-10-18)24(32)11-14-36(33,34)22-8-6-19-15-21(27)7-5-20(19)16-22/h5-8,15-16,18H,9-14,17H2,1-4H3/b28-26-. The number of carbonyl (C=O) groups excluding carboxylic acids is 1. The molecule has 7 nitrogen and oxygen atoms in total. The van der Waals surface area contributed by atoms with Crippen molar-refractivity contribution in [3.63, 3.8) is 0 Å². The molecule has 1 fully saturated rings. The normalized spacial score (nSPS) is 15.8. The predicted octanol–water partition coefficient (Wildman–Crippen LogP) is 4.06. The van der Waals surface area contributed by atoms with Crippen LogP contribution in [0.5, 0.6) is 0 Å². The third-order valence-electron chi connectivity index (χ3n) is 6.77. The molecule has 1 aliphatic rings. The highest BCUT2D eigenvalue weighted by Crippen LogP contribution is 2.33. The van der Waals surface area contributed by atoms with Crippen LogP contribution < -0.4 is 4.80 Å². The van der Waals surface area contributed by atoms with Crippen molar-refractivity contribution in [2.75, 3.05) is 40.0 Å². The van der Waals surface area contributed by atoms with E-state index < -0.39 is 9.84 Å². The Balaban J connectivity index is 1.38. The van der Waals surface area contributed by atoms with Crippen LogP contribution in [0.2, 0.25) is 5.02 Å². The summed E-state index contributed by atoms with van der Waals surface area (Å²) in [6, 6.07) is 10.4. The molecule has 0 unspecified atom stereocenters. The summed E-state index contributed by atoms with van der Waals surface area (Å²) in [5.74, 6) is 0.0876. The van der Waals surface area contributed by atoms with E-state index in [0.29, 0.717) is 24.0 Å². The van der Waals surface area contributed by atoms with Crippen LogP contribution in [0.4, 0.5) is 0 Å². The minimum atomic E-state index is -3.57. The van der Waals surface area contributed by atoms with E-state index in [-0.39, 0.29) is 23.0 Å². The lowest BCUT2D eigenvalue weighted by atomic mass is 9.93. The number of thiazole rings is 1. The van der Waals surface area contributed by atoms with Crippen LogP contribution in [0.1, 0.15) is 35.8 Å². The van der Waals surface area contributed by atoms with Gasteiger partial charge < -0.3 is 14.4 Å². The minimum absolute atomic E-state index is 0.00956. The average molecular weight is 549 g/mol. The monoisotopic (exact) mass is 548 g/mol. The Hall–Kier alpha value is -2.20. The van der Waals surface area contributed by atoms with Gasteiger partial charge in [0.2, 0.25) is 5.91 Å². The largest absolute Gasteiger partial charge is 0.343 e. The number of likely N-dealkylation sites (tertiary alicyclic amines) is 1. The fourth-order valence-corrected chi connectivity index (χ4v) is 7.48. The van der Waals surface area contributed by atoms with Crippen LogP contribution in [0.25, 0.3) is 10.8 Å². The van der Waals surface area contributed by atoms with Crippen LogP contribution in [-0.2, 0) is 28.2 Å². The van der Waals surface area contributed by atoms with E-state index in [9.17, 15) is 13.2 Å². The van der Waals surface area contributed by atoms with Crippen molar-refractivity contribution in [3.8, 4) is 0 Å². The second-order valence-corrected chi connectivity index (χ2v) is 13.1. The lowest BCUT2D eigenvalue weighted by Gasteiger charge is -2.32. The van der Waals surface area contributed by atoms with Gasteiger partial charge in [-0.25, -0.2) is 8.42 Å². The quantitative estimate of drug-likeness (QED) is 0.446. The first-order valence-corrected chi connectivity index (χ1v) is 14.9. The van der Waals surface area contributed by atoms with Crippen molar-refractivity contribution in [2.45, 2.75) is 36.6 Å². The highest BCUT2D eigenvalue weighted by atomic mass is 35.5. The van der Waals surface area contributed by atoms with Gasteiger partial charge in [0.05, 0.1) is 10.6 Å². The van der Waals surface area contributed by atoms with Gasteiger partial charge in [-0.15, -0.1) is 11.3 Å². The molecule has 1 aliphatic heterocycles. The van der Waals surface area contributed by atoms with E-state index in [1.807, 2.05) is 11.9 Å². The molecule has 36 heavy (non-hydrogen) atoms. The van der Waals surface area contributed by atoms with E-state index >= 15 is 0 Å². The third-order valence-corrected chi connectivity index (χ3v) is 10.1. The van der Waals surface area contributed by atoms with E-state index in [1.165, 1.54) is 10.6 Å². The predicted molar refractivity (Wildman–Crippen MR) is 146 cm³/mol. The summed E-state index contributed by atoms with van der Waals surface area (Å²) >= 11 is 7.76. The maximum atomic E-state index is 12.9. The zero-order valence-corrected chi connectivity index (χ0v) is 23.6. The second-order valence-electron chi connectivity index (χ2n) is 9.59. The zero-order valence-electron chi connectivity index (χ0n) is 21.2. The van der Waals surface area contributed by atoms with Crippen LogP contribution in [0.15, 0.2) is 46.3 Å². The minimum Gasteiger partial charge on any atom is -0.343 e. The van der Waals surface area contributed by atoms with Crippen LogP contribution >= 0.6 is 22.9 Å². The van der Waals surface area contributed by atoms with Crippen molar-refractivity contribution < 1.29 is 13.2 Å². The number of fused-ring (bicyclic) bond motifs is 1. The van der Waals surface area contributed by atoms with E-state index in [2.05, 4.69) is 35.6 Å². The first-order valence-electron chi connectivity index (χ1n) is 12.0. The molecule has 0 bridgehead atoms. The fourth-order valence-electron chi connectivity index (χ4n) is 4.78. The number of benzene rings is 2. The van der Waals surface area contributed by atoms with Gasteiger partial charge in [0.15, 0.2) is 14.6 Å². The molecule has 10 heteroatoms. The molecule has 0 N–H and O–H groups in total. The molecular formula is C26H33ClN4O3S2. The van der Waals surface area contributed by atoms with Crippen LogP contribution in [-0.4, -0.2) is 68.7 Å². The van der Waals surface area contributed by atoms with Crippen molar-refractivity contribution in [3.05, 3.63) is 56.8 Å². The van der Waals surface area contributed by atoms with Gasteiger partial charge in [-0.1, -0.05) is 23.7 Å². The van der Waals surface area contributed by atoms with Crippen molar-refractivity contribution in [2.24, 2.45) is 12.0 Å². The van der Waals surface area contributed by atoms with E-state index in [4.69, 9.17) is 11.6 Å². The fraction of sp³-hybridized carbons (Fsp3) is 0.462. The molecule has 0 spiro atoms. The summed E-state index contributed by atoms with van der Waals surface area (Å²) in [7, 11) is 4.43. The number of halogens is 1. The van der Waals surface area contributed by atoms with Crippen molar-refractivity contribution in [1.29, 1.82) is 0 Å². The molecule has 0 atom stereocenters. The highest BCUT2D eigenvalue weighted by Gasteiger charge is 2.28. The van der Waals surface area contributed by atoms with Gasteiger partial charge in [0.1, 0.15) is 0 Å². The summed E-state index contributed by atoms with van der Waals surface area (Å²) in [5, 5.41) is 2.30. The molecule has 1 aromatic heterocycles. The van der Waals surface area contributed by atoms with Crippen LogP contribution in [0.3, 0.4) is 0 Å². The number of hydrogen-bond acceptors (Lipinski definition) is 6. The molecule has 1 saturated heterocycles. The number of sulfone groups is 1.